The van der Waals surface area contributed by atoms with Gasteiger partial charge in [-0.3, -0.25) is 0 Å². The highest BCUT2D eigenvalue weighted by molar-refractivity contribution is 7.99. The topological polar surface area (TPSA) is 24.1 Å². The molecule has 0 aliphatic heterocycles. The van der Waals surface area contributed by atoms with E-state index in [4.69, 9.17) is 12.2 Å². The van der Waals surface area contributed by atoms with Gasteiger partial charge in [0.05, 0.1) is 0 Å². The fraction of sp³-hybridized carbons (Fsp3) is 0.909. The molecule has 15 heavy (non-hydrogen) atoms. The highest BCUT2D eigenvalue weighted by Gasteiger charge is 2.29. The molecule has 2 rings (SSSR count). The minimum absolute atomic E-state index is 0.605. The van der Waals surface area contributed by atoms with Gasteiger partial charge in [-0.2, -0.15) is 11.8 Å². The molecule has 0 aromatic carbocycles. The Morgan fingerprint density at radius 1 is 1.27 bits per heavy atom. The standard InChI is InChI=1S/C11H20N2S2/c1-2-15-10-5-3-4-9(10)13-11(14)12-8-6-7-8/h8-10H,2-7H2,1H3,(H2,12,13,14). The highest BCUT2D eigenvalue weighted by Crippen LogP contribution is 2.29. The van der Waals surface area contributed by atoms with Crippen LogP contribution in [0.3, 0.4) is 0 Å². The first kappa shape index (κ1) is 11.5. The zero-order chi connectivity index (χ0) is 10.7. The van der Waals surface area contributed by atoms with E-state index in [0.29, 0.717) is 12.1 Å². The molecule has 0 saturated heterocycles. The Bertz CT molecular complexity index is 229. The van der Waals surface area contributed by atoms with Crippen LogP contribution in [0.1, 0.15) is 39.0 Å². The van der Waals surface area contributed by atoms with E-state index in [1.165, 1.54) is 37.9 Å². The molecular weight excluding hydrogens is 224 g/mol. The summed E-state index contributed by atoms with van der Waals surface area (Å²) in [6, 6.07) is 1.28. The van der Waals surface area contributed by atoms with Gasteiger partial charge < -0.3 is 10.6 Å². The molecule has 0 aromatic heterocycles. The van der Waals surface area contributed by atoms with E-state index >= 15 is 0 Å². The first-order chi connectivity index (χ1) is 7.29. The van der Waals surface area contributed by atoms with Crippen molar-refractivity contribution in [2.75, 3.05) is 5.75 Å². The number of thiocarbonyl (C=S) groups is 1. The van der Waals surface area contributed by atoms with E-state index in [9.17, 15) is 0 Å². The first-order valence-corrected chi connectivity index (χ1v) is 7.44. The lowest BCUT2D eigenvalue weighted by Gasteiger charge is -2.22. The van der Waals surface area contributed by atoms with Crippen LogP contribution in [0.5, 0.6) is 0 Å². The molecule has 86 valence electrons. The Kier molecular flexibility index (Phi) is 4.14. The third kappa shape index (κ3) is 3.52. The molecule has 2 fully saturated rings. The second kappa shape index (κ2) is 5.39. The molecule has 0 spiro atoms. The summed E-state index contributed by atoms with van der Waals surface area (Å²) < 4.78 is 0. The fourth-order valence-electron chi connectivity index (χ4n) is 2.13. The van der Waals surface area contributed by atoms with Gasteiger partial charge in [0, 0.05) is 17.3 Å². The molecule has 4 heteroatoms. The van der Waals surface area contributed by atoms with Crippen LogP contribution in [0.25, 0.3) is 0 Å². The van der Waals surface area contributed by atoms with Crippen molar-refractivity contribution in [1.29, 1.82) is 0 Å². The average Bonchev–Trinajstić information content (AvgIpc) is 2.90. The van der Waals surface area contributed by atoms with Crippen LogP contribution in [0.2, 0.25) is 0 Å². The SMILES string of the molecule is CCSC1CCCC1NC(=S)NC1CC1. The van der Waals surface area contributed by atoms with Crippen molar-refractivity contribution >= 4 is 29.1 Å². The monoisotopic (exact) mass is 244 g/mol. The molecule has 2 saturated carbocycles. The zero-order valence-electron chi connectivity index (χ0n) is 9.29. The molecule has 0 aromatic rings. The Morgan fingerprint density at radius 3 is 2.73 bits per heavy atom. The summed E-state index contributed by atoms with van der Waals surface area (Å²) in [5.74, 6) is 1.21. The third-order valence-electron chi connectivity index (χ3n) is 3.06. The Labute approximate surface area is 102 Å². The van der Waals surface area contributed by atoms with Crippen LogP contribution in [-0.4, -0.2) is 28.2 Å². The van der Waals surface area contributed by atoms with Gasteiger partial charge in [-0.05, 0) is 43.7 Å². The van der Waals surface area contributed by atoms with Crippen LogP contribution in [0.15, 0.2) is 0 Å². The minimum Gasteiger partial charge on any atom is -0.360 e. The van der Waals surface area contributed by atoms with Crippen molar-refractivity contribution in [2.24, 2.45) is 0 Å². The Morgan fingerprint density at radius 2 is 2.07 bits per heavy atom. The van der Waals surface area contributed by atoms with Crippen molar-refractivity contribution in [3.05, 3.63) is 0 Å². The number of hydrogen-bond acceptors (Lipinski definition) is 2. The van der Waals surface area contributed by atoms with E-state index in [1.807, 2.05) is 0 Å². The van der Waals surface area contributed by atoms with Crippen LogP contribution >= 0.6 is 24.0 Å². The fourth-order valence-corrected chi connectivity index (χ4v) is 3.64. The lowest BCUT2D eigenvalue weighted by atomic mass is 10.2. The van der Waals surface area contributed by atoms with Crippen molar-refractivity contribution in [3.8, 4) is 0 Å². The van der Waals surface area contributed by atoms with E-state index in [2.05, 4.69) is 29.3 Å². The summed E-state index contributed by atoms with van der Waals surface area (Å²) in [7, 11) is 0. The predicted octanol–water partition coefficient (Wildman–Crippen LogP) is 2.29. The summed E-state index contributed by atoms with van der Waals surface area (Å²) >= 11 is 7.39. The van der Waals surface area contributed by atoms with Gasteiger partial charge in [0.2, 0.25) is 0 Å². The van der Waals surface area contributed by atoms with E-state index in [-0.39, 0.29) is 0 Å². The average molecular weight is 244 g/mol. The summed E-state index contributed by atoms with van der Waals surface area (Å²) in [4.78, 5) is 0. The summed E-state index contributed by atoms with van der Waals surface area (Å²) in [6.07, 6.45) is 6.56. The maximum Gasteiger partial charge on any atom is 0.166 e. The van der Waals surface area contributed by atoms with Crippen LogP contribution in [0, 0.1) is 0 Å². The second-order valence-corrected chi connectivity index (χ2v) is 6.35. The molecule has 2 N–H and O–H groups in total. The number of rotatable bonds is 4. The van der Waals surface area contributed by atoms with Gasteiger partial charge in [-0.15, -0.1) is 0 Å². The minimum atomic E-state index is 0.605. The lowest BCUT2D eigenvalue weighted by Crippen LogP contribution is -2.45. The van der Waals surface area contributed by atoms with Crippen LogP contribution in [-0.2, 0) is 0 Å². The maximum atomic E-state index is 5.31. The van der Waals surface area contributed by atoms with E-state index in [1.54, 1.807) is 0 Å². The number of hydrogen-bond donors (Lipinski definition) is 2. The molecule has 0 bridgehead atoms. The molecule has 0 radical (unpaired) electrons. The highest BCUT2D eigenvalue weighted by atomic mass is 32.2. The lowest BCUT2D eigenvalue weighted by molar-refractivity contribution is 0.631. The molecule has 2 aliphatic rings. The number of thioether (sulfide) groups is 1. The quantitative estimate of drug-likeness (QED) is 0.741. The third-order valence-corrected chi connectivity index (χ3v) is 4.62. The molecule has 2 atom stereocenters. The molecule has 2 unspecified atom stereocenters. The van der Waals surface area contributed by atoms with Crippen molar-refractivity contribution in [1.82, 2.24) is 10.6 Å². The predicted molar refractivity (Wildman–Crippen MR) is 71.5 cm³/mol. The first-order valence-electron chi connectivity index (χ1n) is 5.98. The zero-order valence-corrected chi connectivity index (χ0v) is 10.9. The maximum absolute atomic E-state index is 5.31. The van der Waals surface area contributed by atoms with E-state index in [0.717, 1.165) is 10.4 Å². The summed E-state index contributed by atoms with van der Waals surface area (Å²) in [6.45, 7) is 2.24. The molecular formula is C11H20N2S2. The molecule has 0 heterocycles. The van der Waals surface area contributed by atoms with Gasteiger partial charge in [0.1, 0.15) is 0 Å². The summed E-state index contributed by atoms with van der Waals surface area (Å²) in [5, 5.41) is 8.49. The molecule has 2 nitrogen and oxygen atoms in total. The van der Waals surface area contributed by atoms with Gasteiger partial charge >= 0.3 is 0 Å². The second-order valence-electron chi connectivity index (χ2n) is 4.42. The van der Waals surface area contributed by atoms with Crippen molar-refractivity contribution in [3.63, 3.8) is 0 Å². The summed E-state index contributed by atoms with van der Waals surface area (Å²) in [5.41, 5.74) is 0. The Balaban J connectivity index is 1.73. The number of nitrogens with one attached hydrogen (secondary N) is 2. The van der Waals surface area contributed by atoms with Crippen molar-refractivity contribution in [2.45, 2.75) is 56.4 Å². The normalized spacial score (nSPS) is 30.2. The van der Waals surface area contributed by atoms with Crippen LogP contribution in [0.4, 0.5) is 0 Å². The smallest absolute Gasteiger partial charge is 0.166 e. The van der Waals surface area contributed by atoms with Gasteiger partial charge in [-0.1, -0.05) is 13.3 Å². The van der Waals surface area contributed by atoms with Gasteiger partial charge in [0.25, 0.3) is 0 Å². The molecule has 0 amide bonds. The largest absolute Gasteiger partial charge is 0.360 e. The van der Waals surface area contributed by atoms with Crippen molar-refractivity contribution < 1.29 is 0 Å². The van der Waals surface area contributed by atoms with Gasteiger partial charge in [0.15, 0.2) is 5.11 Å². The van der Waals surface area contributed by atoms with E-state index < -0.39 is 0 Å². The molecule has 2 aliphatic carbocycles. The van der Waals surface area contributed by atoms with Gasteiger partial charge in [-0.25, -0.2) is 0 Å². The van der Waals surface area contributed by atoms with Crippen LogP contribution < -0.4 is 10.6 Å². The Hall–Kier alpha value is 0.0400.